The van der Waals surface area contributed by atoms with Gasteiger partial charge in [0.15, 0.2) is 0 Å². The number of fused-ring (bicyclic) bond motifs is 1. The summed E-state index contributed by atoms with van der Waals surface area (Å²) < 4.78 is 1.26. The van der Waals surface area contributed by atoms with Gasteiger partial charge in [0.05, 0.1) is 8.07 Å². The molecule has 0 atom stereocenters. The molecule has 0 amide bonds. The molecular weight excluding hydrogens is 252 g/mol. The van der Waals surface area contributed by atoms with Crippen molar-refractivity contribution in [2.24, 2.45) is 0 Å². The van der Waals surface area contributed by atoms with Crippen LogP contribution in [0.25, 0.3) is 6.08 Å². The van der Waals surface area contributed by atoms with E-state index in [0.717, 1.165) is 6.42 Å². The van der Waals surface area contributed by atoms with Crippen molar-refractivity contribution in [2.75, 3.05) is 0 Å². The maximum absolute atomic E-state index is 3.62. The van der Waals surface area contributed by atoms with Gasteiger partial charge in [0, 0.05) is 4.47 Å². The molecule has 0 N–H and O–H groups in total. The van der Waals surface area contributed by atoms with Gasteiger partial charge in [-0.2, -0.15) is 0 Å². The molecule has 2 rings (SSSR count). The van der Waals surface area contributed by atoms with Crippen LogP contribution in [0.1, 0.15) is 11.1 Å². The van der Waals surface area contributed by atoms with E-state index in [1.54, 1.807) is 5.20 Å². The van der Waals surface area contributed by atoms with Crippen molar-refractivity contribution in [3.8, 4) is 0 Å². The molecule has 14 heavy (non-hydrogen) atoms. The molecule has 2 heteroatoms. The van der Waals surface area contributed by atoms with E-state index in [9.17, 15) is 0 Å². The number of rotatable bonds is 1. The van der Waals surface area contributed by atoms with Crippen molar-refractivity contribution < 1.29 is 0 Å². The highest BCUT2D eigenvalue weighted by molar-refractivity contribution is 9.10. The predicted molar refractivity (Wildman–Crippen MR) is 69.2 cm³/mol. The number of allylic oxidation sites excluding steroid dienone is 1. The van der Waals surface area contributed by atoms with Crippen molar-refractivity contribution in [1.29, 1.82) is 0 Å². The van der Waals surface area contributed by atoms with E-state index in [2.05, 4.69) is 59.8 Å². The molecule has 0 saturated heterocycles. The molecule has 0 saturated carbocycles. The summed E-state index contributed by atoms with van der Waals surface area (Å²) in [5.41, 5.74) is 2.89. The van der Waals surface area contributed by atoms with Gasteiger partial charge in [0.2, 0.25) is 0 Å². The zero-order chi connectivity index (χ0) is 10.3. The van der Waals surface area contributed by atoms with Gasteiger partial charge in [-0.3, -0.25) is 0 Å². The molecule has 0 nitrogen and oxygen atoms in total. The standard InChI is InChI=1S/C12H15BrSi/c1-14(2,3)10-7-9-5-4-6-12(13)11(9)8-10/h4-7H,8H2,1-3H3. The Balaban J connectivity index is 2.42. The first-order valence-electron chi connectivity index (χ1n) is 4.97. The molecule has 0 radical (unpaired) electrons. The first-order chi connectivity index (χ1) is 6.48. The summed E-state index contributed by atoms with van der Waals surface area (Å²) >= 11 is 3.62. The molecule has 1 aliphatic rings. The Kier molecular flexibility index (Phi) is 2.44. The average molecular weight is 267 g/mol. The Morgan fingerprint density at radius 1 is 1.21 bits per heavy atom. The van der Waals surface area contributed by atoms with Crippen LogP contribution in [0, 0.1) is 0 Å². The van der Waals surface area contributed by atoms with Crippen molar-refractivity contribution >= 4 is 30.1 Å². The quantitative estimate of drug-likeness (QED) is 0.667. The molecule has 1 aromatic carbocycles. The lowest BCUT2D eigenvalue weighted by molar-refractivity contribution is 1.24. The first kappa shape index (κ1) is 10.2. The van der Waals surface area contributed by atoms with E-state index in [4.69, 9.17) is 0 Å². The third-order valence-corrected chi connectivity index (χ3v) is 5.81. The number of hydrogen-bond donors (Lipinski definition) is 0. The molecule has 0 unspecified atom stereocenters. The Bertz CT molecular complexity index is 399. The van der Waals surface area contributed by atoms with Crippen LogP contribution in [-0.2, 0) is 6.42 Å². The monoisotopic (exact) mass is 266 g/mol. The zero-order valence-electron chi connectivity index (χ0n) is 8.89. The van der Waals surface area contributed by atoms with Crippen LogP contribution in [0.3, 0.4) is 0 Å². The third kappa shape index (κ3) is 1.73. The SMILES string of the molecule is C[Si](C)(C)C1=Cc2cccc(Br)c2C1. The second-order valence-corrected chi connectivity index (χ2v) is 10.9. The molecule has 0 bridgehead atoms. The number of halogens is 1. The Labute approximate surface area is 95.2 Å². The van der Waals surface area contributed by atoms with Gasteiger partial charge in [-0.25, -0.2) is 0 Å². The van der Waals surface area contributed by atoms with Crippen LogP contribution >= 0.6 is 15.9 Å². The Morgan fingerprint density at radius 2 is 1.93 bits per heavy atom. The second-order valence-electron chi connectivity index (χ2n) is 4.90. The fraction of sp³-hybridized carbons (Fsp3) is 0.333. The van der Waals surface area contributed by atoms with Crippen LogP contribution < -0.4 is 0 Å². The molecule has 0 fully saturated rings. The summed E-state index contributed by atoms with van der Waals surface area (Å²) in [6, 6.07) is 6.47. The van der Waals surface area contributed by atoms with Gasteiger partial charge < -0.3 is 0 Å². The first-order valence-corrected chi connectivity index (χ1v) is 9.26. The van der Waals surface area contributed by atoms with Gasteiger partial charge >= 0.3 is 0 Å². The summed E-state index contributed by atoms with van der Waals surface area (Å²) in [5, 5.41) is 1.67. The highest BCUT2D eigenvalue weighted by Crippen LogP contribution is 2.34. The minimum atomic E-state index is -1.10. The summed E-state index contributed by atoms with van der Waals surface area (Å²) in [7, 11) is -1.10. The van der Waals surface area contributed by atoms with E-state index in [1.165, 1.54) is 15.6 Å². The van der Waals surface area contributed by atoms with Crippen LogP contribution in [0.2, 0.25) is 19.6 Å². The Hall–Kier alpha value is -0.343. The zero-order valence-corrected chi connectivity index (χ0v) is 11.5. The fourth-order valence-corrected chi connectivity index (χ4v) is 3.63. The fourth-order valence-electron chi connectivity index (χ4n) is 1.81. The topological polar surface area (TPSA) is 0 Å². The van der Waals surface area contributed by atoms with Crippen molar-refractivity contribution in [3.63, 3.8) is 0 Å². The lowest BCUT2D eigenvalue weighted by atomic mass is 10.1. The van der Waals surface area contributed by atoms with Crippen molar-refractivity contribution in [1.82, 2.24) is 0 Å². The van der Waals surface area contributed by atoms with Crippen LogP contribution in [0.4, 0.5) is 0 Å². The minimum Gasteiger partial charge on any atom is -0.0761 e. The van der Waals surface area contributed by atoms with Crippen LogP contribution in [0.5, 0.6) is 0 Å². The van der Waals surface area contributed by atoms with E-state index in [-0.39, 0.29) is 0 Å². The minimum absolute atomic E-state index is 1.10. The van der Waals surface area contributed by atoms with Crippen LogP contribution in [-0.4, -0.2) is 8.07 Å². The summed E-state index contributed by atoms with van der Waals surface area (Å²) in [6.45, 7) is 7.25. The number of hydrogen-bond acceptors (Lipinski definition) is 0. The molecule has 0 spiro atoms. The van der Waals surface area contributed by atoms with Crippen molar-refractivity contribution in [3.05, 3.63) is 39.0 Å². The largest absolute Gasteiger partial charge is 0.0761 e. The summed E-state index contributed by atoms with van der Waals surface area (Å²) in [5.74, 6) is 0. The predicted octanol–water partition coefficient (Wildman–Crippen LogP) is 4.27. The Morgan fingerprint density at radius 3 is 2.50 bits per heavy atom. The molecular formula is C12H15BrSi. The second kappa shape index (κ2) is 3.35. The van der Waals surface area contributed by atoms with Gasteiger partial charge in [-0.15, -0.1) is 0 Å². The number of benzene rings is 1. The highest BCUT2D eigenvalue weighted by Gasteiger charge is 2.25. The maximum atomic E-state index is 3.62. The maximum Gasteiger partial charge on any atom is 0.0729 e. The van der Waals surface area contributed by atoms with Gasteiger partial charge in [-0.1, -0.05) is 59.0 Å². The smallest absolute Gasteiger partial charge is 0.0729 e. The van der Waals surface area contributed by atoms with Gasteiger partial charge in [0.1, 0.15) is 0 Å². The lowest BCUT2D eigenvalue weighted by Gasteiger charge is -2.17. The third-order valence-electron chi connectivity index (χ3n) is 2.82. The van der Waals surface area contributed by atoms with E-state index >= 15 is 0 Å². The normalized spacial score (nSPS) is 15.3. The van der Waals surface area contributed by atoms with Crippen molar-refractivity contribution in [2.45, 2.75) is 26.1 Å². The molecule has 1 aliphatic carbocycles. The van der Waals surface area contributed by atoms with Gasteiger partial charge in [-0.05, 0) is 23.6 Å². The van der Waals surface area contributed by atoms with Crippen LogP contribution in [0.15, 0.2) is 27.9 Å². The van der Waals surface area contributed by atoms with E-state index in [0.29, 0.717) is 0 Å². The average Bonchev–Trinajstić information content (AvgIpc) is 2.48. The molecule has 0 aliphatic heterocycles. The summed E-state index contributed by atoms with van der Waals surface area (Å²) in [6.07, 6.45) is 3.55. The molecule has 0 aromatic heterocycles. The molecule has 0 heterocycles. The van der Waals surface area contributed by atoms with Gasteiger partial charge in [0.25, 0.3) is 0 Å². The van der Waals surface area contributed by atoms with E-state index < -0.39 is 8.07 Å². The molecule has 1 aromatic rings. The summed E-state index contributed by atoms with van der Waals surface area (Å²) in [4.78, 5) is 0. The van der Waals surface area contributed by atoms with E-state index in [1.807, 2.05) is 0 Å². The highest BCUT2D eigenvalue weighted by atomic mass is 79.9. The lowest BCUT2D eigenvalue weighted by Crippen LogP contribution is -2.23. The molecule has 74 valence electrons.